The van der Waals surface area contributed by atoms with Crippen molar-refractivity contribution < 1.29 is 18.7 Å². The Bertz CT molecular complexity index is 1180. The quantitative estimate of drug-likeness (QED) is 0.536. The monoisotopic (exact) mass is 444 g/mol. The zero-order valence-electron chi connectivity index (χ0n) is 18.3. The van der Waals surface area contributed by atoms with Gasteiger partial charge in [-0.3, -0.25) is 14.5 Å². The molecule has 168 valence electrons. The Morgan fingerprint density at radius 1 is 1.03 bits per heavy atom. The topological polar surface area (TPSA) is 58.6 Å². The summed E-state index contributed by atoms with van der Waals surface area (Å²) in [6.07, 6.45) is 2.99. The number of carbonyl (C=O) groups is 2. The van der Waals surface area contributed by atoms with E-state index in [9.17, 15) is 14.0 Å². The number of aryl methyl sites for hydroxylation is 1. The van der Waals surface area contributed by atoms with Gasteiger partial charge >= 0.3 is 0 Å². The summed E-state index contributed by atoms with van der Waals surface area (Å²) in [5.41, 5.74) is 1.94. The van der Waals surface area contributed by atoms with Crippen LogP contribution in [0, 0.1) is 5.82 Å². The van der Waals surface area contributed by atoms with E-state index in [0.29, 0.717) is 11.4 Å². The largest absolute Gasteiger partial charge is 0.449 e. The summed E-state index contributed by atoms with van der Waals surface area (Å²) >= 11 is 0. The standard InChI is InChI=1S/C27H25FN2O3/c1-19(15-16-20-9-3-2-4-10-20)29-26(31)18-30-23-13-7-8-14-24(23)33-25(27(30)32)17-21-11-5-6-12-22(21)28/h2-14,17,19H,15-16,18H2,1H3,(H,29,31). The summed E-state index contributed by atoms with van der Waals surface area (Å²) in [6.45, 7) is 1.78. The lowest BCUT2D eigenvalue weighted by Gasteiger charge is -2.30. The van der Waals surface area contributed by atoms with Crippen LogP contribution < -0.4 is 15.0 Å². The van der Waals surface area contributed by atoms with Crippen LogP contribution in [0.5, 0.6) is 5.75 Å². The normalized spacial score (nSPS) is 15.0. The van der Waals surface area contributed by atoms with Crippen LogP contribution in [0.1, 0.15) is 24.5 Å². The van der Waals surface area contributed by atoms with Crippen molar-refractivity contribution in [3.63, 3.8) is 0 Å². The average Bonchev–Trinajstić information content (AvgIpc) is 2.82. The SMILES string of the molecule is CC(CCc1ccccc1)NC(=O)CN1C(=O)C(=Cc2ccccc2F)Oc2ccccc21. The lowest BCUT2D eigenvalue weighted by molar-refractivity contribution is -0.123. The van der Waals surface area contributed by atoms with Crippen LogP contribution in [0.25, 0.3) is 6.08 Å². The number of halogens is 1. The Labute approximate surface area is 192 Å². The molecule has 0 saturated heterocycles. The number of benzene rings is 3. The molecule has 0 spiro atoms. The number of anilines is 1. The van der Waals surface area contributed by atoms with Gasteiger partial charge in [-0.15, -0.1) is 0 Å². The van der Waals surface area contributed by atoms with Crippen molar-refractivity contribution in [3.8, 4) is 5.75 Å². The lowest BCUT2D eigenvalue weighted by Crippen LogP contribution is -2.46. The van der Waals surface area contributed by atoms with Gasteiger partial charge < -0.3 is 10.1 Å². The molecule has 5 nitrogen and oxygen atoms in total. The summed E-state index contributed by atoms with van der Waals surface area (Å²) in [7, 11) is 0. The Balaban J connectivity index is 1.48. The number of ether oxygens (including phenoxy) is 1. The molecule has 0 bridgehead atoms. The van der Waals surface area contributed by atoms with E-state index in [1.165, 1.54) is 22.6 Å². The van der Waals surface area contributed by atoms with Crippen molar-refractivity contribution in [1.29, 1.82) is 0 Å². The van der Waals surface area contributed by atoms with Crippen molar-refractivity contribution in [1.82, 2.24) is 5.32 Å². The fourth-order valence-corrected chi connectivity index (χ4v) is 3.72. The molecule has 1 atom stereocenters. The van der Waals surface area contributed by atoms with E-state index in [2.05, 4.69) is 17.4 Å². The molecule has 0 saturated carbocycles. The predicted octanol–water partition coefficient (Wildman–Crippen LogP) is 4.73. The molecule has 0 aliphatic carbocycles. The number of fused-ring (bicyclic) bond motifs is 1. The van der Waals surface area contributed by atoms with Crippen molar-refractivity contribution in [2.24, 2.45) is 0 Å². The first-order valence-corrected chi connectivity index (χ1v) is 10.9. The van der Waals surface area contributed by atoms with Crippen LogP contribution in [0.15, 0.2) is 84.6 Å². The third-order valence-electron chi connectivity index (χ3n) is 5.44. The first kappa shape index (κ1) is 22.3. The van der Waals surface area contributed by atoms with Gasteiger partial charge in [0.05, 0.1) is 5.69 Å². The van der Waals surface area contributed by atoms with Crippen LogP contribution in [-0.2, 0) is 16.0 Å². The highest BCUT2D eigenvalue weighted by Gasteiger charge is 2.32. The molecule has 1 unspecified atom stereocenters. The van der Waals surface area contributed by atoms with E-state index >= 15 is 0 Å². The fraction of sp³-hybridized carbons (Fsp3) is 0.185. The summed E-state index contributed by atoms with van der Waals surface area (Å²) < 4.78 is 19.9. The minimum Gasteiger partial charge on any atom is -0.449 e. The summed E-state index contributed by atoms with van der Waals surface area (Å²) in [5.74, 6) is -0.833. The molecular formula is C27H25FN2O3. The van der Waals surface area contributed by atoms with Gasteiger partial charge in [0.2, 0.25) is 5.91 Å². The van der Waals surface area contributed by atoms with Gasteiger partial charge in [0.15, 0.2) is 11.5 Å². The maximum Gasteiger partial charge on any atom is 0.294 e. The smallest absolute Gasteiger partial charge is 0.294 e. The molecule has 1 heterocycles. The van der Waals surface area contributed by atoms with Gasteiger partial charge in [-0.25, -0.2) is 4.39 Å². The highest BCUT2D eigenvalue weighted by Crippen LogP contribution is 2.35. The van der Waals surface area contributed by atoms with E-state index in [1.54, 1.807) is 42.5 Å². The van der Waals surface area contributed by atoms with Gasteiger partial charge in [-0.05, 0) is 49.6 Å². The van der Waals surface area contributed by atoms with Crippen molar-refractivity contribution in [2.75, 3.05) is 11.4 Å². The van der Waals surface area contributed by atoms with Crippen molar-refractivity contribution in [3.05, 3.63) is 102 Å². The van der Waals surface area contributed by atoms with Gasteiger partial charge in [-0.2, -0.15) is 0 Å². The molecule has 3 aromatic rings. The highest BCUT2D eigenvalue weighted by atomic mass is 19.1. The number of nitrogens with one attached hydrogen (secondary N) is 1. The number of amides is 2. The molecule has 1 N–H and O–H groups in total. The Kier molecular flexibility index (Phi) is 6.83. The van der Waals surface area contributed by atoms with Crippen LogP contribution >= 0.6 is 0 Å². The maximum atomic E-state index is 14.1. The molecule has 0 radical (unpaired) electrons. The molecule has 4 rings (SSSR count). The zero-order valence-corrected chi connectivity index (χ0v) is 18.3. The third-order valence-corrected chi connectivity index (χ3v) is 5.44. The van der Waals surface area contributed by atoms with Crippen LogP contribution in [0.2, 0.25) is 0 Å². The molecule has 2 amide bonds. The molecule has 6 heteroatoms. The number of rotatable bonds is 7. The van der Waals surface area contributed by atoms with E-state index in [0.717, 1.165) is 12.8 Å². The Morgan fingerprint density at radius 3 is 2.52 bits per heavy atom. The Hall–Kier alpha value is -3.93. The number of carbonyl (C=O) groups excluding carboxylic acids is 2. The summed E-state index contributed by atoms with van der Waals surface area (Å²) in [5, 5.41) is 2.97. The molecule has 0 aromatic heterocycles. The zero-order chi connectivity index (χ0) is 23.2. The van der Waals surface area contributed by atoms with Gasteiger partial charge in [0.1, 0.15) is 12.4 Å². The van der Waals surface area contributed by atoms with Gasteiger partial charge in [-0.1, -0.05) is 60.7 Å². The van der Waals surface area contributed by atoms with Crippen LogP contribution in [-0.4, -0.2) is 24.4 Å². The second-order valence-electron chi connectivity index (χ2n) is 7.98. The van der Waals surface area contributed by atoms with E-state index in [-0.39, 0.29) is 29.8 Å². The Morgan fingerprint density at radius 2 is 1.73 bits per heavy atom. The molecular weight excluding hydrogens is 419 g/mol. The van der Waals surface area contributed by atoms with Gasteiger partial charge in [0, 0.05) is 11.6 Å². The fourth-order valence-electron chi connectivity index (χ4n) is 3.72. The molecule has 1 aliphatic heterocycles. The molecule has 33 heavy (non-hydrogen) atoms. The lowest BCUT2D eigenvalue weighted by atomic mass is 10.1. The van der Waals surface area contributed by atoms with Crippen molar-refractivity contribution in [2.45, 2.75) is 25.8 Å². The first-order valence-electron chi connectivity index (χ1n) is 10.9. The summed E-state index contributed by atoms with van der Waals surface area (Å²) in [6, 6.07) is 23.1. The number of para-hydroxylation sites is 2. The van der Waals surface area contributed by atoms with Crippen LogP contribution in [0.3, 0.4) is 0 Å². The molecule has 3 aromatic carbocycles. The second kappa shape index (κ2) is 10.1. The highest BCUT2D eigenvalue weighted by molar-refractivity contribution is 6.12. The third kappa shape index (κ3) is 5.47. The molecule has 1 aliphatic rings. The number of hydrogen-bond donors (Lipinski definition) is 1. The van der Waals surface area contributed by atoms with E-state index in [1.807, 2.05) is 25.1 Å². The summed E-state index contributed by atoms with van der Waals surface area (Å²) in [4.78, 5) is 27.3. The molecule has 0 fully saturated rings. The van der Waals surface area contributed by atoms with E-state index < -0.39 is 11.7 Å². The first-order chi connectivity index (χ1) is 16.0. The van der Waals surface area contributed by atoms with Gasteiger partial charge in [0.25, 0.3) is 5.91 Å². The minimum absolute atomic E-state index is 0.0382. The van der Waals surface area contributed by atoms with Crippen LogP contribution in [0.4, 0.5) is 10.1 Å². The minimum atomic E-state index is -0.496. The van der Waals surface area contributed by atoms with E-state index in [4.69, 9.17) is 4.74 Å². The maximum absolute atomic E-state index is 14.1. The number of hydrogen-bond acceptors (Lipinski definition) is 3. The predicted molar refractivity (Wildman–Crippen MR) is 126 cm³/mol. The average molecular weight is 445 g/mol. The number of nitrogens with zero attached hydrogens (tertiary/aromatic N) is 1. The van der Waals surface area contributed by atoms with Crippen molar-refractivity contribution >= 4 is 23.6 Å². The second-order valence-corrected chi connectivity index (χ2v) is 7.98.